The molecule has 2 aromatic rings. The van der Waals surface area contributed by atoms with Gasteiger partial charge in [-0.25, -0.2) is 4.79 Å². The van der Waals surface area contributed by atoms with Gasteiger partial charge in [0.1, 0.15) is 5.75 Å². The van der Waals surface area contributed by atoms with Gasteiger partial charge in [-0.1, -0.05) is 19.9 Å². The third-order valence-electron chi connectivity index (χ3n) is 6.81. The molecule has 8 heteroatoms. The molecule has 188 valence electrons. The van der Waals surface area contributed by atoms with Crippen LogP contribution in [-0.4, -0.2) is 84.0 Å². The summed E-state index contributed by atoms with van der Waals surface area (Å²) in [6, 6.07) is 7.78. The molecule has 4 rings (SSSR count). The normalized spacial score (nSPS) is 21.0. The number of carbonyl (C=O) groups excluding carboxylic acids is 1. The first-order valence-electron chi connectivity index (χ1n) is 12.8. The second kappa shape index (κ2) is 11.9. The summed E-state index contributed by atoms with van der Waals surface area (Å²) in [5, 5.41) is 13.8. The molecule has 1 atom stereocenters. The van der Waals surface area contributed by atoms with Crippen LogP contribution in [0, 0.1) is 5.92 Å². The average Bonchev–Trinajstić information content (AvgIpc) is 3.10. The van der Waals surface area contributed by atoms with Gasteiger partial charge >= 0.3 is 6.09 Å². The molecule has 2 aliphatic rings. The number of carbonyl (C=O) groups is 1. The molecule has 2 saturated heterocycles. The molecule has 8 nitrogen and oxygen atoms in total. The molecule has 0 radical (unpaired) electrons. The molecule has 0 bridgehead atoms. The number of aliphatic hydroxyl groups is 1. The van der Waals surface area contributed by atoms with Crippen LogP contribution in [0.4, 0.5) is 4.79 Å². The number of aromatic amines is 1. The first-order chi connectivity index (χ1) is 16.5. The number of benzene rings is 1. The second-order valence-electron chi connectivity index (χ2n) is 10.1. The molecule has 34 heavy (non-hydrogen) atoms. The lowest BCUT2D eigenvalue weighted by molar-refractivity contribution is 0.144. The number of amides is 1. The van der Waals surface area contributed by atoms with Crippen molar-refractivity contribution in [1.29, 1.82) is 0 Å². The number of fused-ring (bicyclic) bond motifs is 1. The molecule has 1 unspecified atom stereocenters. The Kier molecular flexibility index (Phi) is 8.69. The third-order valence-corrected chi connectivity index (χ3v) is 6.81. The summed E-state index contributed by atoms with van der Waals surface area (Å²) < 4.78 is 11.5. The Labute approximate surface area is 202 Å². The Morgan fingerprint density at radius 2 is 1.85 bits per heavy atom. The summed E-state index contributed by atoms with van der Waals surface area (Å²) in [5.74, 6) is 1.65. The van der Waals surface area contributed by atoms with E-state index in [1.165, 1.54) is 0 Å². The first-order valence-corrected chi connectivity index (χ1v) is 12.8. The minimum Gasteiger partial charge on any atom is -0.493 e. The zero-order chi connectivity index (χ0) is 23.9. The number of ether oxygens (including phenoxy) is 2. The van der Waals surface area contributed by atoms with Gasteiger partial charge in [0.2, 0.25) is 5.88 Å². The molecule has 1 aromatic heterocycles. The number of piperidine rings is 1. The molecule has 0 aliphatic carbocycles. The summed E-state index contributed by atoms with van der Waals surface area (Å²) in [6.45, 7) is 11.0. The van der Waals surface area contributed by atoms with Gasteiger partial charge in [0.05, 0.1) is 18.2 Å². The zero-order valence-corrected chi connectivity index (χ0v) is 20.6. The number of nitrogens with one attached hydrogen (secondary N) is 2. The zero-order valence-electron chi connectivity index (χ0n) is 20.6. The third kappa shape index (κ3) is 7.10. The molecular formula is C26H40N4O4. The maximum atomic E-state index is 12.5. The Bertz CT molecular complexity index is 923. The van der Waals surface area contributed by atoms with Crippen LogP contribution in [0.25, 0.3) is 10.9 Å². The van der Waals surface area contributed by atoms with Gasteiger partial charge in [0.25, 0.3) is 0 Å². The van der Waals surface area contributed by atoms with E-state index >= 15 is 0 Å². The standard InChI is InChI=1S/C26H40N4O4/c1-19(2)18-33-24-7-3-6-23-22(24)17-25(28-23)34-26(32)27-20-8-12-30(13-9-20)16-15-29-11-4-5-21(31)10-14-29/h3,6-7,17,19-21,28,31H,4-5,8-16,18H2,1-2H3,(H,27,32). The van der Waals surface area contributed by atoms with Crippen LogP contribution in [0.15, 0.2) is 24.3 Å². The predicted molar refractivity (Wildman–Crippen MR) is 134 cm³/mol. The van der Waals surface area contributed by atoms with E-state index in [1.807, 2.05) is 24.3 Å². The molecule has 2 fully saturated rings. The van der Waals surface area contributed by atoms with Crippen LogP contribution in [0.5, 0.6) is 11.6 Å². The van der Waals surface area contributed by atoms with E-state index < -0.39 is 6.09 Å². The molecule has 0 spiro atoms. The van der Waals surface area contributed by atoms with E-state index in [0.29, 0.717) is 18.4 Å². The summed E-state index contributed by atoms with van der Waals surface area (Å²) in [5.41, 5.74) is 0.885. The maximum Gasteiger partial charge on any atom is 0.414 e. The number of aromatic nitrogens is 1. The summed E-state index contributed by atoms with van der Waals surface area (Å²) >= 11 is 0. The predicted octanol–water partition coefficient (Wildman–Crippen LogP) is 3.60. The van der Waals surface area contributed by atoms with Gasteiger partial charge in [0, 0.05) is 50.2 Å². The molecule has 0 saturated carbocycles. The maximum absolute atomic E-state index is 12.5. The highest BCUT2D eigenvalue weighted by Crippen LogP contribution is 2.29. The summed E-state index contributed by atoms with van der Waals surface area (Å²) in [4.78, 5) is 20.6. The van der Waals surface area contributed by atoms with E-state index in [9.17, 15) is 9.90 Å². The van der Waals surface area contributed by atoms with E-state index in [-0.39, 0.29) is 12.1 Å². The van der Waals surface area contributed by atoms with E-state index in [0.717, 1.165) is 88.0 Å². The molecule has 3 heterocycles. The van der Waals surface area contributed by atoms with Crippen molar-refractivity contribution in [3.63, 3.8) is 0 Å². The lowest BCUT2D eigenvalue weighted by Crippen LogP contribution is -2.47. The van der Waals surface area contributed by atoms with Crippen LogP contribution in [0.2, 0.25) is 0 Å². The minimum absolute atomic E-state index is 0.129. The number of likely N-dealkylation sites (tertiary alicyclic amines) is 2. The van der Waals surface area contributed by atoms with Crippen molar-refractivity contribution in [3.8, 4) is 11.6 Å². The lowest BCUT2D eigenvalue weighted by Gasteiger charge is -2.33. The van der Waals surface area contributed by atoms with Gasteiger partial charge in [-0.2, -0.15) is 0 Å². The van der Waals surface area contributed by atoms with Crippen LogP contribution in [0.1, 0.15) is 46.0 Å². The SMILES string of the molecule is CC(C)COc1cccc2[nH]c(OC(=O)NC3CCN(CCN4CCCC(O)CC4)CC3)cc12. The van der Waals surface area contributed by atoms with Crippen molar-refractivity contribution in [1.82, 2.24) is 20.1 Å². The van der Waals surface area contributed by atoms with E-state index in [4.69, 9.17) is 9.47 Å². The van der Waals surface area contributed by atoms with Crippen LogP contribution >= 0.6 is 0 Å². The second-order valence-corrected chi connectivity index (χ2v) is 10.1. The number of hydrogen-bond donors (Lipinski definition) is 3. The minimum atomic E-state index is -0.419. The van der Waals surface area contributed by atoms with Gasteiger partial charge in [-0.3, -0.25) is 0 Å². The van der Waals surface area contributed by atoms with Crippen molar-refractivity contribution in [2.75, 3.05) is 45.9 Å². The van der Waals surface area contributed by atoms with Gasteiger partial charge in [0.15, 0.2) is 0 Å². The molecule has 2 aliphatic heterocycles. The van der Waals surface area contributed by atoms with Gasteiger partial charge < -0.3 is 34.7 Å². The van der Waals surface area contributed by atoms with Crippen LogP contribution in [-0.2, 0) is 0 Å². The smallest absolute Gasteiger partial charge is 0.414 e. The van der Waals surface area contributed by atoms with Crippen molar-refractivity contribution < 1.29 is 19.4 Å². The number of rotatable bonds is 8. The van der Waals surface area contributed by atoms with E-state index in [2.05, 4.69) is 33.9 Å². The van der Waals surface area contributed by atoms with Crippen LogP contribution in [0.3, 0.4) is 0 Å². The largest absolute Gasteiger partial charge is 0.493 e. The fraction of sp³-hybridized carbons (Fsp3) is 0.654. The number of aliphatic hydroxyl groups excluding tert-OH is 1. The first kappa shape index (κ1) is 24.8. The molecule has 1 aromatic carbocycles. The van der Waals surface area contributed by atoms with Crippen molar-refractivity contribution in [3.05, 3.63) is 24.3 Å². The highest BCUT2D eigenvalue weighted by molar-refractivity contribution is 5.88. The Balaban J connectivity index is 1.20. The van der Waals surface area contributed by atoms with Gasteiger partial charge in [-0.15, -0.1) is 0 Å². The topological polar surface area (TPSA) is 90.1 Å². The van der Waals surface area contributed by atoms with E-state index in [1.54, 1.807) is 0 Å². The number of hydrogen-bond acceptors (Lipinski definition) is 6. The monoisotopic (exact) mass is 472 g/mol. The Morgan fingerprint density at radius 1 is 1.12 bits per heavy atom. The highest BCUT2D eigenvalue weighted by Gasteiger charge is 2.23. The quantitative estimate of drug-likeness (QED) is 0.544. The van der Waals surface area contributed by atoms with Gasteiger partial charge in [-0.05, 0) is 56.7 Å². The molecule has 3 N–H and O–H groups in total. The van der Waals surface area contributed by atoms with Crippen molar-refractivity contribution in [2.45, 2.75) is 58.1 Å². The number of nitrogens with zero attached hydrogens (tertiary/aromatic N) is 2. The fourth-order valence-electron chi connectivity index (χ4n) is 4.78. The number of H-pyrrole nitrogens is 1. The highest BCUT2D eigenvalue weighted by atomic mass is 16.6. The molecular weight excluding hydrogens is 432 g/mol. The lowest BCUT2D eigenvalue weighted by atomic mass is 10.1. The summed E-state index contributed by atoms with van der Waals surface area (Å²) in [6.07, 6.45) is 4.19. The summed E-state index contributed by atoms with van der Waals surface area (Å²) in [7, 11) is 0. The van der Waals surface area contributed by atoms with Crippen molar-refractivity contribution in [2.24, 2.45) is 5.92 Å². The fourth-order valence-corrected chi connectivity index (χ4v) is 4.78. The average molecular weight is 473 g/mol. The Hall–Kier alpha value is -2.29. The molecule has 1 amide bonds. The van der Waals surface area contributed by atoms with Crippen LogP contribution < -0.4 is 14.8 Å². The van der Waals surface area contributed by atoms with Crippen molar-refractivity contribution >= 4 is 17.0 Å². The Morgan fingerprint density at radius 3 is 2.62 bits per heavy atom.